The summed E-state index contributed by atoms with van der Waals surface area (Å²) in [5.74, 6) is -0.863. The average Bonchev–Trinajstić information content (AvgIpc) is 3.23. The summed E-state index contributed by atoms with van der Waals surface area (Å²) in [5.41, 5.74) is 0.425. The third-order valence-corrected chi connectivity index (χ3v) is 5.27. The summed E-state index contributed by atoms with van der Waals surface area (Å²) < 4.78 is 13.0. The van der Waals surface area contributed by atoms with Gasteiger partial charge in [-0.3, -0.25) is 14.4 Å². The fourth-order valence-corrected chi connectivity index (χ4v) is 3.71. The molecule has 0 spiro atoms. The number of hydrogen-bond acceptors (Lipinski definition) is 3. The van der Waals surface area contributed by atoms with Gasteiger partial charge in [0.25, 0.3) is 5.91 Å². The van der Waals surface area contributed by atoms with E-state index in [9.17, 15) is 18.8 Å². The molecule has 27 heavy (non-hydrogen) atoms. The van der Waals surface area contributed by atoms with Crippen molar-refractivity contribution in [3.05, 3.63) is 35.6 Å². The molecule has 6 nitrogen and oxygen atoms in total. The van der Waals surface area contributed by atoms with Crippen LogP contribution in [0.1, 0.15) is 42.5 Å². The van der Waals surface area contributed by atoms with E-state index in [2.05, 4.69) is 5.32 Å². The molecule has 3 rings (SSSR count). The number of nitrogens with zero attached hydrogens (tertiary/aromatic N) is 2. The Balaban J connectivity index is 1.46. The van der Waals surface area contributed by atoms with E-state index in [1.165, 1.54) is 24.3 Å². The first-order chi connectivity index (χ1) is 13.0. The molecular weight excluding hydrogens is 349 g/mol. The molecule has 2 saturated heterocycles. The summed E-state index contributed by atoms with van der Waals surface area (Å²) >= 11 is 0. The highest BCUT2D eigenvalue weighted by Crippen LogP contribution is 2.19. The van der Waals surface area contributed by atoms with Crippen molar-refractivity contribution in [3.8, 4) is 0 Å². The van der Waals surface area contributed by atoms with Crippen LogP contribution in [-0.2, 0) is 9.59 Å². The van der Waals surface area contributed by atoms with Crippen LogP contribution >= 0.6 is 0 Å². The minimum absolute atomic E-state index is 0.0876. The molecule has 2 heterocycles. The second-order valence-corrected chi connectivity index (χ2v) is 7.23. The first kappa shape index (κ1) is 19.3. The fraction of sp³-hybridized carbons (Fsp3) is 0.550. The molecule has 1 unspecified atom stereocenters. The third-order valence-electron chi connectivity index (χ3n) is 5.27. The molecule has 1 atom stereocenters. The normalized spacial score (nSPS) is 19.8. The zero-order valence-corrected chi connectivity index (χ0v) is 15.5. The van der Waals surface area contributed by atoms with Crippen LogP contribution in [0.3, 0.4) is 0 Å². The molecule has 1 aromatic carbocycles. The zero-order chi connectivity index (χ0) is 19.2. The second-order valence-electron chi connectivity index (χ2n) is 7.23. The van der Waals surface area contributed by atoms with E-state index in [0.717, 1.165) is 38.8 Å². The van der Waals surface area contributed by atoms with E-state index < -0.39 is 0 Å². The summed E-state index contributed by atoms with van der Waals surface area (Å²) in [7, 11) is 0. The number of amides is 3. The lowest BCUT2D eigenvalue weighted by Gasteiger charge is -2.32. The Morgan fingerprint density at radius 3 is 2.37 bits per heavy atom. The van der Waals surface area contributed by atoms with Crippen molar-refractivity contribution in [1.29, 1.82) is 0 Å². The number of likely N-dealkylation sites (tertiary alicyclic amines) is 2. The minimum Gasteiger partial charge on any atom is -0.355 e. The van der Waals surface area contributed by atoms with Gasteiger partial charge in [0, 0.05) is 44.7 Å². The molecule has 0 aliphatic carbocycles. The van der Waals surface area contributed by atoms with Gasteiger partial charge < -0.3 is 15.1 Å². The maximum atomic E-state index is 13.0. The fourth-order valence-electron chi connectivity index (χ4n) is 3.71. The number of nitrogens with one attached hydrogen (secondary N) is 1. The molecule has 1 N–H and O–H groups in total. The highest BCUT2D eigenvalue weighted by atomic mass is 19.1. The lowest BCUT2D eigenvalue weighted by molar-refractivity contribution is -0.130. The number of carbonyl (C=O) groups excluding carboxylic acids is 3. The molecule has 2 fully saturated rings. The predicted octanol–water partition coefficient (Wildman–Crippen LogP) is 1.81. The molecule has 7 heteroatoms. The standard InChI is InChI=1S/C20H26FN3O3/c21-17-7-5-15(6-8-17)20(27)24-13-3-4-16(14-24)19(26)22-10-9-18(25)23-11-1-2-12-23/h5-8,16H,1-4,9-14H2,(H,22,26). The van der Waals surface area contributed by atoms with Crippen molar-refractivity contribution in [2.24, 2.45) is 5.92 Å². The van der Waals surface area contributed by atoms with Gasteiger partial charge >= 0.3 is 0 Å². The highest BCUT2D eigenvalue weighted by molar-refractivity contribution is 5.94. The van der Waals surface area contributed by atoms with Crippen LogP contribution in [-0.4, -0.2) is 60.2 Å². The van der Waals surface area contributed by atoms with Gasteiger partial charge in [0.05, 0.1) is 5.92 Å². The summed E-state index contributed by atoms with van der Waals surface area (Å²) in [4.78, 5) is 40.5. The van der Waals surface area contributed by atoms with Crippen LogP contribution in [0, 0.1) is 11.7 Å². The van der Waals surface area contributed by atoms with Crippen LogP contribution < -0.4 is 5.32 Å². The average molecular weight is 375 g/mol. The van der Waals surface area contributed by atoms with Crippen molar-refractivity contribution in [2.75, 3.05) is 32.7 Å². The van der Waals surface area contributed by atoms with E-state index in [4.69, 9.17) is 0 Å². The highest BCUT2D eigenvalue weighted by Gasteiger charge is 2.29. The van der Waals surface area contributed by atoms with Crippen molar-refractivity contribution < 1.29 is 18.8 Å². The largest absolute Gasteiger partial charge is 0.355 e. The van der Waals surface area contributed by atoms with E-state index in [0.29, 0.717) is 31.6 Å². The zero-order valence-electron chi connectivity index (χ0n) is 15.5. The van der Waals surface area contributed by atoms with Gasteiger partial charge in [0.1, 0.15) is 5.82 Å². The van der Waals surface area contributed by atoms with Crippen LogP contribution in [0.4, 0.5) is 4.39 Å². The molecule has 0 aromatic heterocycles. The molecule has 0 bridgehead atoms. The third kappa shape index (κ3) is 5.05. The number of piperidine rings is 1. The van der Waals surface area contributed by atoms with Gasteiger partial charge in [-0.15, -0.1) is 0 Å². The summed E-state index contributed by atoms with van der Waals surface area (Å²) in [6.07, 6.45) is 3.89. The van der Waals surface area contributed by atoms with Gasteiger partial charge in [0.15, 0.2) is 0 Å². The Labute approximate surface area is 158 Å². The quantitative estimate of drug-likeness (QED) is 0.853. The number of rotatable bonds is 5. The Bertz CT molecular complexity index is 686. The molecule has 3 amide bonds. The van der Waals surface area contributed by atoms with E-state index in [-0.39, 0.29) is 29.5 Å². The molecule has 2 aliphatic heterocycles. The van der Waals surface area contributed by atoms with E-state index in [1.807, 2.05) is 4.90 Å². The van der Waals surface area contributed by atoms with Gasteiger partial charge in [0.2, 0.25) is 11.8 Å². The molecule has 0 radical (unpaired) electrons. The lowest BCUT2D eigenvalue weighted by atomic mass is 9.96. The number of carbonyl (C=O) groups is 3. The maximum absolute atomic E-state index is 13.0. The number of benzene rings is 1. The van der Waals surface area contributed by atoms with Crippen LogP contribution in [0.15, 0.2) is 24.3 Å². The van der Waals surface area contributed by atoms with Gasteiger partial charge in [-0.05, 0) is 49.9 Å². The first-order valence-corrected chi connectivity index (χ1v) is 9.65. The van der Waals surface area contributed by atoms with Crippen molar-refractivity contribution in [3.63, 3.8) is 0 Å². The lowest BCUT2D eigenvalue weighted by Crippen LogP contribution is -2.46. The maximum Gasteiger partial charge on any atom is 0.253 e. The Hall–Kier alpha value is -2.44. The van der Waals surface area contributed by atoms with Crippen molar-refractivity contribution in [2.45, 2.75) is 32.1 Å². The van der Waals surface area contributed by atoms with Gasteiger partial charge in [-0.25, -0.2) is 4.39 Å². The summed E-state index contributed by atoms with van der Waals surface area (Å²) in [5, 5.41) is 2.84. The predicted molar refractivity (Wildman–Crippen MR) is 98.5 cm³/mol. The molecule has 1 aromatic rings. The number of halogens is 1. The molecular formula is C20H26FN3O3. The Morgan fingerprint density at radius 1 is 1.00 bits per heavy atom. The molecule has 2 aliphatic rings. The first-order valence-electron chi connectivity index (χ1n) is 9.65. The Morgan fingerprint density at radius 2 is 1.67 bits per heavy atom. The monoisotopic (exact) mass is 375 g/mol. The molecule has 0 saturated carbocycles. The van der Waals surface area contributed by atoms with Gasteiger partial charge in [-0.1, -0.05) is 0 Å². The smallest absolute Gasteiger partial charge is 0.253 e. The molecule has 146 valence electrons. The minimum atomic E-state index is -0.383. The number of hydrogen-bond donors (Lipinski definition) is 1. The van der Waals surface area contributed by atoms with Crippen molar-refractivity contribution in [1.82, 2.24) is 15.1 Å². The SMILES string of the molecule is O=C(NCCC(=O)N1CCCC1)C1CCCN(C(=O)c2ccc(F)cc2)C1. The van der Waals surface area contributed by atoms with E-state index in [1.54, 1.807) is 4.90 Å². The summed E-state index contributed by atoms with van der Waals surface area (Å²) in [6.45, 7) is 2.90. The summed E-state index contributed by atoms with van der Waals surface area (Å²) in [6, 6.07) is 5.45. The van der Waals surface area contributed by atoms with Crippen LogP contribution in [0.25, 0.3) is 0 Å². The van der Waals surface area contributed by atoms with Crippen molar-refractivity contribution >= 4 is 17.7 Å². The Kier molecular flexibility index (Phi) is 6.42. The second kappa shape index (κ2) is 8.97. The van der Waals surface area contributed by atoms with Crippen LogP contribution in [0.2, 0.25) is 0 Å². The van der Waals surface area contributed by atoms with Crippen LogP contribution in [0.5, 0.6) is 0 Å². The van der Waals surface area contributed by atoms with E-state index >= 15 is 0 Å². The van der Waals surface area contributed by atoms with Gasteiger partial charge in [-0.2, -0.15) is 0 Å². The topological polar surface area (TPSA) is 69.7 Å².